The van der Waals surface area contributed by atoms with E-state index in [1.165, 1.54) is 0 Å². The highest BCUT2D eigenvalue weighted by Crippen LogP contribution is 2.28. The lowest BCUT2D eigenvalue weighted by Gasteiger charge is -2.14. The second-order valence-corrected chi connectivity index (χ2v) is 3.86. The second-order valence-electron chi connectivity index (χ2n) is 3.02. The minimum absolute atomic E-state index is 0.0732. The van der Waals surface area contributed by atoms with E-state index in [0.717, 1.165) is 0 Å². The van der Waals surface area contributed by atoms with Crippen molar-refractivity contribution in [3.63, 3.8) is 0 Å². The van der Waals surface area contributed by atoms with Gasteiger partial charge in [0.2, 0.25) is 0 Å². The number of rotatable bonds is 4. The third-order valence-electron chi connectivity index (χ3n) is 1.76. The van der Waals surface area contributed by atoms with Crippen LogP contribution in [0.2, 0.25) is 10.0 Å². The summed E-state index contributed by atoms with van der Waals surface area (Å²) in [7, 11) is 0. The van der Waals surface area contributed by atoms with E-state index in [0.29, 0.717) is 22.2 Å². The zero-order valence-corrected chi connectivity index (χ0v) is 9.35. The Labute approximate surface area is 93.4 Å². The van der Waals surface area contributed by atoms with Crippen molar-refractivity contribution in [2.45, 2.75) is 19.4 Å². The van der Waals surface area contributed by atoms with Crippen LogP contribution in [0.15, 0.2) is 18.2 Å². The van der Waals surface area contributed by atoms with Gasteiger partial charge in [-0.1, -0.05) is 23.2 Å². The summed E-state index contributed by atoms with van der Waals surface area (Å²) in [5, 5.41) is 9.81. The third kappa shape index (κ3) is 3.37. The molecule has 0 aliphatic carbocycles. The summed E-state index contributed by atoms with van der Waals surface area (Å²) < 4.78 is 5.49. The molecule has 0 saturated heterocycles. The molecule has 1 unspecified atom stereocenters. The van der Waals surface area contributed by atoms with Gasteiger partial charge in [0.25, 0.3) is 0 Å². The van der Waals surface area contributed by atoms with Crippen LogP contribution in [0.1, 0.15) is 13.3 Å². The van der Waals surface area contributed by atoms with E-state index < -0.39 is 0 Å². The predicted molar refractivity (Wildman–Crippen MR) is 58.3 cm³/mol. The number of hydrogen-bond donors (Lipinski definition) is 1. The Morgan fingerprint density at radius 1 is 1.43 bits per heavy atom. The first-order valence-corrected chi connectivity index (χ1v) is 5.11. The molecular weight excluding hydrogens is 223 g/mol. The van der Waals surface area contributed by atoms with Gasteiger partial charge in [-0.2, -0.15) is 0 Å². The SMILES string of the molecule is CC(CCO)Oc1cc(Cl)ccc1Cl. The molecule has 1 aromatic carbocycles. The fourth-order valence-electron chi connectivity index (χ4n) is 1.02. The van der Waals surface area contributed by atoms with Crippen LogP contribution in [0, 0.1) is 0 Å². The van der Waals surface area contributed by atoms with E-state index in [1.54, 1.807) is 18.2 Å². The van der Waals surface area contributed by atoms with Gasteiger partial charge in [0.1, 0.15) is 5.75 Å². The molecular formula is C10H12Cl2O2. The van der Waals surface area contributed by atoms with Crippen molar-refractivity contribution >= 4 is 23.2 Å². The maximum atomic E-state index is 8.70. The normalized spacial score (nSPS) is 12.6. The summed E-state index contributed by atoms with van der Waals surface area (Å²) in [5.41, 5.74) is 0. The average molecular weight is 235 g/mol. The molecule has 0 saturated carbocycles. The molecule has 0 amide bonds. The zero-order valence-electron chi connectivity index (χ0n) is 7.84. The van der Waals surface area contributed by atoms with Crippen LogP contribution in [0.25, 0.3) is 0 Å². The van der Waals surface area contributed by atoms with Crippen LogP contribution in [0.4, 0.5) is 0 Å². The van der Waals surface area contributed by atoms with Crippen LogP contribution in [0.5, 0.6) is 5.75 Å². The molecule has 0 aromatic heterocycles. The Morgan fingerprint density at radius 3 is 2.79 bits per heavy atom. The number of hydrogen-bond acceptors (Lipinski definition) is 2. The summed E-state index contributed by atoms with van der Waals surface area (Å²) in [6, 6.07) is 5.05. The lowest BCUT2D eigenvalue weighted by molar-refractivity contribution is 0.169. The first-order valence-electron chi connectivity index (χ1n) is 4.36. The molecule has 0 bridgehead atoms. The highest BCUT2D eigenvalue weighted by atomic mass is 35.5. The molecule has 0 aliphatic rings. The number of ether oxygens (including phenoxy) is 1. The summed E-state index contributed by atoms with van der Waals surface area (Å²) in [6.07, 6.45) is 0.499. The van der Waals surface area contributed by atoms with Gasteiger partial charge in [-0.15, -0.1) is 0 Å². The molecule has 1 rings (SSSR count). The first kappa shape index (κ1) is 11.6. The Morgan fingerprint density at radius 2 is 2.14 bits per heavy atom. The molecule has 78 valence electrons. The molecule has 4 heteroatoms. The standard InChI is InChI=1S/C10H12Cl2O2/c1-7(4-5-13)14-10-6-8(11)2-3-9(10)12/h2-3,6-7,13H,4-5H2,1H3. The summed E-state index contributed by atoms with van der Waals surface area (Å²) in [4.78, 5) is 0. The van der Waals surface area contributed by atoms with Crippen molar-refractivity contribution < 1.29 is 9.84 Å². The topological polar surface area (TPSA) is 29.5 Å². The van der Waals surface area contributed by atoms with Crippen molar-refractivity contribution in [3.8, 4) is 5.75 Å². The number of aliphatic hydroxyl groups excluding tert-OH is 1. The van der Waals surface area contributed by atoms with E-state index in [-0.39, 0.29) is 12.7 Å². The monoisotopic (exact) mass is 234 g/mol. The number of halogens is 2. The van der Waals surface area contributed by atoms with Gasteiger partial charge in [-0.25, -0.2) is 0 Å². The van der Waals surface area contributed by atoms with Crippen molar-refractivity contribution in [1.82, 2.24) is 0 Å². The van der Waals surface area contributed by atoms with Gasteiger partial charge in [0.15, 0.2) is 0 Å². The third-order valence-corrected chi connectivity index (χ3v) is 2.30. The van der Waals surface area contributed by atoms with Crippen molar-refractivity contribution in [1.29, 1.82) is 0 Å². The Balaban J connectivity index is 2.70. The van der Waals surface area contributed by atoms with Crippen LogP contribution in [-0.4, -0.2) is 17.8 Å². The van der Waals surface area contributed by atoms with E-state index in [2.05, 4.69) is 0 Å². The van der Waals surface area contributed by atoms with Crippen LogP contribution < -0.4 is 4.74 Å². The maximum absolute atomic E-state index is 8.70. The number of benzene rings is 1. The minimum Gasteiger partial charge on any atom is -0.489 e. The predicted octanol–water partition coefficient (Wildman–Crippen LogP) is 3.14. The molecule has 1 atom stereocenters. The Bertz CT molecular complexity index is 302. The van der Waals surface area contributed by atoms with Gasteiger partial charge in [0, 0.05) is 24.1 Å². The van der Waals surface area contributed by atoms with Crippen molar-refractivity contribution in [2.75, 3.05) is 6.61 Å². The second kappa shape index (κ2) is 5.44. The molecule has 1 aromatic rings. The van der Waals surface area contributed by atoms with E-state index >= 15 is 0 Å². The molecule has 14 heavy (non-hydrogen) atoms. The molecule has 0 fully saturated rings. The van der Waals surface area contributed by atoms with Crippen molar-refractivity contribution in [3.05, 3.63) is 28.2 Å². The highest BCUT2D eigenvalue weighted by Gasteiger charge is 2.07. The summed E-state index contributed by atoms with van der Waals surface area (Å²) in [5.74, 6) is 0.556. The van der Waals surface area contributed by atoms with Gasteiger partial charge < -0.3 is 9.84 Å². The minimum atomic E-state index is -0.0732. The van der Waals surface area contributed by atoms with Gasteiger partial charge in [-0.3, -0.25) is 0 Å². The maximum Gasteiger partial charge on any atom is 0.139 e. The molecule has 2 nitrogen and oxygen atoms in total. The van der Waals surface area contributed by atoms with Gasteiger partial charge >= 0.3 is 0 Å². The molecule has 0 aliphatic heterocycles. The largest absolute Gasteiger partial charge is 0.489 e. The van der Waals surface area contributed by atoms with Crippen LogP contribution >= 0.6 is 23.2 Å². The Kier molecular flexibility index (Phi) is 4.52. The zero-order chi connectivity index (χ0) is 10.6. The lowest BCUT2D eigenvalue weighted by atomic mass is 10.3. The first-order chi connectivity index (χ1) is 6.63. The fourth-order valence-corrected chi connectivity index (χ4v) is 1.35. The molecule has 0 heterocycles. The van der Waals surface area contributed by atoms with E-state index in [4.69, 9.17) is 33.0 Å². The quantitative estimate of drug-likeness (QED) is 0.868. The van der Waals surface area contributed by atoms with E-state index in [1.807, 2.05) is 6.92 Å². The average Bonchev–Trinajstić information content (AvgIpc) is 2.12. The van der Waals surface area contributed by atoms with Gasteiger partial charge in [0.05, 0.1) is 11.1 Å². The van der Waals surface area contributed by atoms with Crippen molar-refractivity contribution in [2.24, 2.45) is 0 Å². The molecule has 1 N–H and O–H groups in total. The van der Waals surface area contributed by atoms with Crippen LogP contribution in [-0.2, 0) is 0 Å². The molecule has 0 radical (unpaired) electrons. The fraction of sp³-hybridized carbons (Fsp3) is 0.400. The highest BCUT2D eigenvalue weighted by molar-refractivity contribution is 6.34. The number of aliphatic hydroxyl groups is 1. The summed E-state index contributed by atoms with van der Waals surface area (Å²) in [6.45, 7) is 1.97. The smallest absolute Gasteiger partial charge is 0.139 e. The molecule has 0 spiro atoms. The summed E-state index contributed by atoms with van der Waals surface area (Å²) >= 11 is 11.7. The van der Waals surface area contributed by atoms with E-state index in [9.17, 15) is 0 Å². The van der Waals surface area contributed by atoms with Crippen LogP contribution in [0.3, 0.4) is 0 Å². The lowest BCUT2D eigenvalue weighted by Crippen LogP contribution is -2.13. The van der Waals surface area contributed by atoms with Gasteiger partial charge in [-0.05, 0) is 19.1 Å². The Hall–Kier alpha value is -0.440.